The van der Waals surface area contributed by atoms with E-state index < -0.39 is 5.60 Å². The van der Waals surface area contributed by atoms with Crippen LogP contribution in [0.1, 0.15) is 65.7 Å². The molecule has 0 unspecified atom stereocenters. The summed E-state index contributed by atoms with van der Waals surface area (Å²) in [6.07, 6.45) is 8.71. The second-order valence-electron chi connectivity index (χ2n) is 9.69. The van der Waals surface area contributed by atoms with Gasteiger partial charge in [0.2, 0.25) is 0 Å². The van der Waals surface area contributed by atoms with E-state index in [-0.39, 0.29) is 22.7 Å². The van der Waals surface area contributed by atoms with Crippen molar-refractivity contribution in [3.8, 4) is 0 Å². The van der Waals surface area contributed by atoms with Crippen LogP contribution in [0.3, 0.4) is 0 Å². The zero-order valence-electron chi connectivity index (χ0n) is 15.8. The average molecular weight is 344 g/mol. The summed E-state index contributed by atoms with van der Waals surface area (Å²) in [6.45, 7) is 10.2. The summed E-state index contributed by atoms with van der Waals surface area (Å²) in [7, 11) is 0. The molecule has 0 saturated heterocycles. The lowest BCUT2D eigenvalue weighted by molar-refractivity contribution is -0.153. The first-order valence-electron chi connectivity index (χ1n) is 9.94. The maximum Gasteiger partial charge on any atom is 0.166 e. The van der Waals surface area contributed by atoms with Crippen molar-refractivity contribution >= 4 is 5.78 Å². The van der Waals surface area contributed by atoms with Gasteiger partial charge in [-0.2, -0.15) is 0 Å². The van der Waals surface area contributed by atoms with Crippen LogP contribution in [0, 0.1) is 28.6 Å². The van der Waals surface area contributed by atoms with Crippen LogP contribution < -0.4 is 0 Å². The number of aliphatic hydroxyl groups is 2. The summed E-state index contributed by atoms with van der Waals surface area (Å²) in [5, 5.41) is 21.4. The molecule has 0 heterocycles. The zero-order valence-corrected chi connectivity index (χ0v) is 15.8. The lowest BCUT2D eigenvalue weighted by atomic mass is 9.46. The molecule has 4 aliphatic rings. The summed E-state index contributed by atoms with van der Waals surface area (Å²) < 4.78 is 0. The van der Waals surface area contributed by atoms with Gasteiger partial charge in [-0.05, 0) is 80.6 Å². The molecule has 3 nitrogen and oxygen atoms in total. The molecule has 138 valence electrons. The summed E-state index contributed by atoms with van der Waals surface area (Å²) in [5.74, 6) is 1.29. The molecular weight excluding hydrogens is 312 g/mol. The molecule has 3 fully saturated rings. The van der Waals surface area contributed by atoms with E-state index in [1.54, 1.807) is 0 Å². The Morgan fingerprint density at radius 3 is 2.60 bits per heavy atom. The van der Waals surface area contributed by atoms with Crippen molar-refractivity contribution in [1.82, 2.24) is 0 Å². The molecule has 0 spiro atoms. The molecule has 0 aromatic carbocycles. The number of hydrogen-bond acceptors (Lipinski definition) is 3. The monoisotopic (exact) mass is 344 g/mol. The SMILES string of the molecule is C=C1C[C@H]2[C@@H]3CC=C4C[C@@H](O)CC[C@]4(C)[C@H]3CC[C@]2(C)[C@@]1(O)C(C)=O. The molecule has 7 atom stereocenters. The number of carbonyl (C=O) groups excluding carboxylic acids is 1. The Morgan fingerprint density at radius 2 is 1.92 bits per heavy atom. The van der Waals surface area contributed by atoms with Gasteiger partial charge in [-0.15, -0.1) is 0 Å². The number of carbonyl (C=O) groups is 1. The van der Waals surface area contributed by atoms with Gasteiger partial charge in [0.1, 0.15) is 5.60 Å². The van der Waals surface area contributed by atoms with Gasteiger partial charge in [-0.25, -0.2) is 0 Å². The van der Waals surface area contributed by atoms with E-state index in [1.165, 1.54) is 12.5 Å². The number of Topliss-reactive ketones (excluding diaryl/α,β-unsaturated/α-hetero) is 1. The van der Waals surface area contributed by atoms with Crippen LogP contribution in [0.15, 0.2) is 23.8 Å². The first-order chi connectivity index (χ1) is 11.6. The maximum absolute atomic E-state index is 12.4. The highest BCUT2D eigenvalue weighted by atomic mass is 16.3. The molecule has 0 amide bonds. The molecule has 4 rings (SSSR count). The third-order valence-electron chi connectivity index (χ3n) is 8.78. The first kappa shape index (κ1) is 17.5. The second-order valence-corrected chi connectivity index (χ2v) is 9.69. The Bertz CT molecular complexity index is 664. The Morgan fingerprint density at radius 1 is 1.20 bits per heavy atom. The van der Waals surface area contributed by atoms with E-state index >= 15 is 0 Å². The largest absolute Gasteiger partial charge is 0.393 e. The molecular formula is C22H32O3. The normalized spacial score (nSPS) is 52.0. The van der Waals surface area contributed by atoms with Gasteiger partial charge >= 0.3 is 0 Å². The van der Waals surface area contributed by atoms with Crippen LogP contribution >= 0.6 is 0 Å². The van der Waals surface area contributed by atoms with Crippen molar-refractivity contribution in [2.75, 3.05) is 0 Å². The minimum absolute atomic E-state index is 0.139. The van der Waals surface area contributed by atoms with Crippen LogP contribution in [0.5, 0.6) is 0 Å². The zero-order chi connectivity index (χ0) is 18.2. The number of ketones is 1. The minimum Gasteiger partial charge on any atom is -0.393 e. The van der Waals surface area contributed by atoms with Gasteiger partial charge in [0.25, 0.3) is 0 Å². The van der Waals surface area contributed by atoms with Crippen LogP contribution in [0.2, 0.25) is 0 Å². The van der Waals surface area contributed by atoms with E-state index in [4.69, 9.17) is 0 Å². The molecule has 2 N–H and O–H groups in total. The molecule has 0 bridgehead atoms. The minimum atomic E-state index is -1.35. The predicted molar refractivity (Wildman–Crippen MR) is 97.9 cm³/mol. The Kier molecular flexibility index (Phi) is 3.70. The van der Waals surface area contributed by atoms with Crippen LogP contribution in [0.25, 0.3) is 0 Å². The van der Waals surface area contributed by atoms with Crippen molar-refractivity contribution in [3.05, 3.63) is 23.8 Å². The third kappa shape index (κ3) is 2.03. The fourth-order valence-corrected chi connectivity index (χ4v) is 7.26. The summed E-state index contributed by atoms with van der Waals surface area (Å²) in [6, 6.07) is 0. The van der Waals surface area contributed by atoms with Gasteiger partial charge in [0, 0.05) is 5.41 Å². The number of hydrogen-bond donors (Lipinski definition) is 2. The smallest absolute Gasteiger partial charge is 0.166 e. The van der Waals surface area contributed by atoms with Crippen LogP contribution in [-0.4, -0.2) is 27.7 Å². The third-order valence-corrected chi connectivity index (χ3v) is 8.78. The van der Waals surface area contributed by atoms with E-state index in [0.717, 1.165) is 50.5 Å². The number of aliphatic hydroxyl groups excluding tert-OH is 1. The second kappa shape index (κ2) is 5.29. The number of allylic oxidation sites excluding steroid dienone is 1. The Hall–Kier alpha value is -0.930. The quantitative estimate of drug-likeness (QED) is 0.712. The topological polar surface area (TPSA) is 57.5 Å². The van der Waals surface area contributed by atoms with Crippen molar-refractivity contribution in [2.45, 2.75) is 77.4 Å². The Balaban J connectivity index is 1.73. The fraction of sp³-hybridized carbons (Fsp3) is 0.773. The molecule has 0 aromatic rings. The molecule has 3 heteroatoms. The van der Waals surface area contributed by atoms with Crippen molar-refractivity contribution in [3.63, 3.8) is 0 Å². The molecule has 4 aliphatic carbocycles. The lowest BCUT2D eigenvalue weighted by Crippen LogP contribution is -2.57. The van der Waals surface area contributed by atoms with Crippen molar-refractivity contribution < 1.29 is 15.0 Å². The highest BCUT2D eigenvalue weighted by Crippen LogP contribution is 2.68. The highest BCUT2D eigenvalue weighted by molar-refractivity contribution is 5.90. The van der Waals surface area contributed by atoms with E-state index in [0.29, 0.717) is 17.8 Å². The molecule has 0 radical (unpaired) electrons. The summed E-state index contributed by atoms with van der Waals surface area (Å²) in [5.41, 5.74) is 0.632. The standard InChI is InChI=1S/C22H32O3/c1-13-11-19-17-6-5-15-12-16(24)7-9-20(15,3)18(17)8-10-21(19,4)22(13,25)14(2)23/h5,16-19,24-25H,1,6-12H2,2-4H3/t16-,17+,18-,19-,20-,21-,22-/m0/s1. The van der Waals surface area contributed by atoms with Crippen molar-refractivity contribution in [2.24, 2.45) is 28.6 Å². The van der Waals surface area contributed by atoms with E-state index in [9.17, 15) is 15.0 Å². The summed E-state index contributed by atoms with van der Waals surface area (Å²) >= 11 is 0. The van der Waals surface area contributed by atoms with Gasteiger partial charge in [-0.1, -0.05) is 32.1 Å². The molecule has 3 saturated carbocycles. The lowest BCUT2D eigenvalue weighted by Gasteiger charge is -2.58. The number of rotatable bonds is 1. The van der Waals surface area contributed by atoms with Crippen LogP contribution in [-0.2, 0) is 4.79 Å². The fourth-order valence-electron chi connectivity index (χ4n) is 7.26. The van der Waals surface area contributed by atoms with Crippen LogP contribution in [0.4, 0.5) is 0 Å². The summed E-state index contributed by atoms with van der Waals surface area (Å²) in [4.78, 5) is 12.4. The molecule has 25 heavy (non-hydrogen) atoms. The number of fused-ring (bicyclic) bond motifs is 5. The predicted octanol–water partition coefficient (Wildman–Crippen LogP) is 3.80. The van der Waals surface area contributed by atoms with Gasteiger partial charge in [0.05, 0.1) is 6.10 Å². The first-order valence-corrected chi connectivity index (χ1v) is 9.94. The van der Waals surface area contributed by atoms with Crippen molar-refractivity contribution in [1.29, 1.82) is 0 Å². The highest BCUT2D eigenvalue weighted by Gasteiger charge is 2.66. The van der Waals surface area contributed by atoms with Gasteiger partial charge in [-0.3, -0.25) is 4.79 Å². The maximum atomic E-state index is 12.4. The van der Waals surface area contributed by atoms with Gasteiger partial charge < -0.3 is 10.2 Å². The molecule has 0 aliphatic heterocycles. The Labute approximate surface area is 151 Å². The van der Waals surface area contributed by atoms with E-state index in [1.807, 2.05) is 0 Å². The average Bonchev–Trinajstić information content (AvgIpc) is 2.77. The van der Waals surface area contributed by atoms with Gasteiger partial charge in [0.15, 0.2) is 5.78 Å². The molecule has 0 aromatic heterocycles. The van der Waals surface area contributed by atoms with E-state index in [2.05, 4.69) is 26.5 Å².